The number of amides is 1. The fourth-order valence-corrected chi connectivity index (χ4v) is 3.33. The lowest BCUT2D eigenvalue weighted by Gasteiger charge is -2.35. The SMILES string of the molecule is NC(=O)c1cc([N+](=O)[O-])ccc1NCC1(O)CCCc2ccccc21. The van der Waals surface area contributed by atoms with E-state index in [1.54, 1.807) is 0 Å². The molecule has 1 amide bonds. The number of nitro benzene ring substituents is 1. The molecule has 0 aromatic heterocycles. The molecule has 7 nitrogen and oxygen atoms in total. The summed E-state index contributed by atoms with van der Waals surface area (Å²) in [5.74, 6) is -0.762. The minimum absolute atomic E-state index is 0.0295. The van der Waals surface area contributed by atoms with Crippen LogP contribution >= 0.6 is 0 Å². The molecule has 130 valence electrons. The average Bonchev–Trinajstić information content (AvgIpc) is 2.60. The molecule has 1 aliphatic carbocycles. The molecule has 0 heterocycles. The fourth-order valence-electron chi connectivity index (χ4n) is 3.33. The number of rotatable bonds is 5. The summed E-state index contributed by atoms with van der Waals surface area (Å²) in [4.78, 5) is 21.9. The maximum absolute atomic E-state index is 11.6. The van der Waals surface area contributed by atoms with Gasteiger partial charge in [-0.25, -0.2) is 0 Å². The highest BCUT2D eigenvalue weighted by Gasteiger charge is 2.34. The van der Waals surface area contributed by atoms with Crippen LogP contribution in [0.2, 0.25) is 0 Å². The number of hydrogen-bond donors (Lipinski definition) is 3. The summed E-state index contributed by atoms with van der Waals surface area (Å²) in [5.41, 5.74) is 6.45. The number of nitrogens with zero attached hydrogens (tertiary/aromatic N) is 1. The van der Waals surface area contributed by atoms with E-state index in [0.717, 1.165) is 30.0 Å². The number of carbonyl (C=O) groups excluding carboxylic acids is 1. The van der Waals surface area contributed by atoms with Gasteiger partial charge in [-0.15, -0.1) is 0 Å². The predicted molar refractivity (Wildman–Crippen MR) is 93.4 cm³/mol. The average molecular weight is 341 g/mol. The number of aliphatic hydroxyl groups is 1. The van der Waals surface area contributed by atoms with Gasteiger partial charge in [0.1, 0.15) is 5.60 Å². The Bertz CT molecular complexity index is 837. The molecule has 0 spiro atoms. The molecule has 7 heteroatoms. The lowest BCUT2D eigenvalue weighted by Crippen LogP contribution is -2.38. The second-order valence-electron chi connectivity index (χ2n) is 6.25. The second kappa shape index (κ2) is 6.52. The lowest BCUT2D eigenvalue weighted by atomic mass is 9.79. The molecule has 0 bridgehead atoms. The highest BCUT2D eigenvalue weighted by Crippen LogP contribution is 2.35. The van der Waals surface area contributed by atoms with Gasteiger partial charge in [0.25, 0.3) is 11.6 Å². The third kappa shape index (κ3) is 3.32. The summed E-state index contributed by atoms with van der Waals surface area (Å²) in [6.45, 7) is 0.183. The van der Waals surface area contributed by atoms with Crippen molar-refractivity contribution in [2.24, 2.45) is 5.73 Å². The number of nitro groups is 1. The van der Waals surface area contributed by atoms with Crippen molar-refractivity contribution in [2.45, 2.75) is 24.9 Å². The van der Waals surface area contributed by atoms with Gasteiger partial charge in [0.05, 0.1) is 10.5 Å². The number of hydrogen-bond acceptors (Lipinski definition) is 5. The van der Waals surface area contributed by atoms with Gasteiger partial charge in [-0.3, -0.25) is 14.9 Å². The standard InChI is InChI=1S/C18H19N3O4/c19-17(22)14-10-13(21(24)25)7-8-16(14)20-11-18(23)9-3-5-12-4-1-2-6-15(12)18/h1-2,4,6-8,10,20,23H,3,5,9,11H2,(H2,19,22). The number of nitrogens with two attached hydrogens (primary N) is 1. The molecule has 0 saturated heterocycles. The molecule has 1 unspecified atom stereocenters. The van der Waals surface area contributed by atoms with Crippen LogP contribution in [0.4, 0.5) is 11.4 Å². The summed E-state index contributed by atoms with van der Waals surface area (Å²) in [7, 11) is 0. The van der Waals surface area contributed by atoms with E-state index in [-0.39, 0.29) is 17.8 Å². The van der Waals surface area contributed by atoms with Crippen molar-refractivity contribution in [2.75, 3.05) is 11.9 Å². The minimum atomic E-state index is -1.06. The first-order valence-electron chi connectivity index (χ1n) is 8.03. The molecule has 0 fully saturated rings. The van der Waals surface area contributed by atoms with Crippen molar-refractivity contribution in [3.05, 3.63) is 69.3 Å². The Morgan fingerprint density at radius 2 is 2.08 bits per heavy atom. The summed E-state index contributed by atoms with van der Waals surface area (Å²) in [6, 6.07) is 11.6. The van der Waals surface area contributed by atoms with Crippen molar-refractivity contribution in [1.29, 1.82) is 0 Å². The molecule has 0 radical (unpaired) electrons. The zero-order chi connectivity index (χ0) is 18.0. The molecular weight excluding hydrogens is 322 g/mol. The fraction of sp³-hybridized carbons (Fsp3) is 0.278. The molecule has 0 saturated carbocycles. The zero-order valence-corrected chi connectivity index (χ0v) is 13.6. The van der Waals surface area contributed by atoms with Crippen molar-refractivity contribution in [3.8, 4) is 0 Å². The Hall–Kier alpha value is -2.93. The minimum Gasteiger partial charge on any atom is -0.383 e. The first kappa shape index (κ1) is 16.9. The van der Waals surface area contributed by atoms with Gasteiger partial charge in [-0.05, 0) is 36.5 Å². The quantitative estimate of drug-likeness (QED) is 0.570. The molecule has 4 N–H and O–H groups in total. The van der Waals surface area contributed by atoms with E-state index in [0.29, 0.717) is 12.1 Å². The zero-order valence-electron chi connectivity index (χ0n) is 13.6. The number of primary amides is 1. The third-order valence-electron chi connectivity index (χ3n) is 4.61. The monoisotopic (exact) mass is 341 g/mol. The maximum Gasteiger partial charge on any atom is 0.270 e. The van der Waals surface area contributed by atoms with Gasteiger partial charge in [0, 0.05) is 24.4 Å². The van der Waals surface area contributed by atoms with Crippen molar-refractivity contribution >= 4 is 17.3 Å². The number of nitrogens with one attached hydrogen (secondary N) is 1. The highest BCUT2D eigenvalue weighted by molar-refractivity contribution is 5.99. The Kier molecular flexibility index (Phi) is 4.41. The van der Waals surface area contributed by atoms with E-state index in [4.69, 9.17) is 5.73 Å². The predicted octanol–water partition coefficient (Wildman–Crippen LogP) is 2.33. The topological polar surface area (TPSA) is 118 Å². The first-order valence-corrected chi connectivity index (χ1v) is 8.03. The molecule has 1 atom stereocenters. The number of anilines is 1. The van der Waals surface area contributed by atoms with Crippen LogP contribution in [0.3, 0.4) is 0 Å². The van der Waals surface area contributed by atoms with Crippen molar-refractivity contribution in [1.82, 2.24) is 0 Å². The van der Waals surface area contributed by atoms with Crippen LogP contribution in [0.1, 0.15) is 34.3 Å². The Labute approximate surface area is 144 Å². The van der Waals surface area contributed by atoms with E-state index in [9.17, 15) is 20.0 Å². The van der Waals surface area contributed by atoms with Gasteiger partial charge in [0.2, 0.25) is 0 Å². The van der Waals surface area contributed by atoms with E-state index in [1.165, 1.54) is 12.1 Å². The normalized spacial score (nSPS) is 19.1. The summed E-state index contributed by atoms with van der Waals surface area (Å²) >= 11 is 0. The van der Waals surface area contributed by atoms with Gasteiger partial charge in [0.15, 0.2) is 0 Å². The van der Waals surface area contributed by atoms with E-state index >= 15 is 0 Å². The molecule has 1 aliphatic rings. The van der Waals surface area contributed by atoms with Crippen LogP contribution < -0.4 is 11.1 Å². The van der Waals surface area contributed by atoms with Crippen molar-refractivity contribution < 1.29 is 14.8 Å². The number of fused-ring (bicyclic) bond motifs is 1. The summed E-state index contributed by atoms with van der Waals surface area (Å²) in [5, 5.41) is 25.0. The largest absolute Gasteiger partial charge is 0.383 e. The van der Waals surface area contributed by atoms with Crippen LogP contribution in [0.5, 0.6) is 0 Å². The van der Waals surface area contributed by atoms with Crippen LogP contribution in [0.25, 0.3) is 0 Å². The smallest absolute Gasteiger partial charge is 0.270 e. The molecular formula is C18H19N3O4. The summed E-state index contributed by atoms with van der Waals surface area (Å²) in [6.07, 6.45) is 2.37. The highest BCUT2D eigenvalue weighted by atomic mass is 16.6. The van der Waals surface area contributed by atoms with E-state index in [1.807, 2.05) is 24.3 Å². The van der Waals surface area contributed by atoms with Crippen molar-refractivity contribution in [3.63, 3.8) is 0 Å². The van der Waals surface area contributed by atoms with E-state index < -0.39 is 16.4 Å². The third-order valence-corrected chi connectivity index (χ3v) is 4.61. The molecule has 3 rings (SSSR count). The number of aryl methyl sites for hydroxylation is 1. The van der Waals surface area contributed by atoms with E-state index in [2.05, 4.69) is 5.32 Å². The van der Waals surface area contributed by atoms with Crippen LogP contribution in [-0.2, 0) is 12.0 Å². The van der Waals surface area contributed by atoms with Gasteiger partial charge in [-0.1, -0.05) is 24.3 Å². The second-order valence-corrected chi connectivity index (χ2v) is 6.25. The molecule has 2 aromatic rings. The lowest BCUT2D eigenvalue weighted by molar-refractivity contribution is -0.384. The maximum atomic E-state index is 11.6. The van der Waals surface area contributed by atoms with Gasteiger partial charge >= 0.3 is 0 Å². The first-order chi connectivity index (χ1) is 11.9. The number of carbonyl (C=O) groups is 1. The Morgan fingerprint density at radius 3 is 2.80 bits per heavy atom. The van der Waals surface area contributed by atoms with Crippen LogP contribution in [0, 0.1) is 10.1 Å². The van der Waals surface area contributed by atoms with Crippen LogP contribution in [0.15, 0.2) is 42.5 Å². The Morgan fingerprint density at radius 1 is 1.32 bits per heavy atom. The van der Waals surface area contributed by atoms with Gasteiger partial charge in [-0.2, -0.15) is 0 Å². The summed E-state index contributed by atoms with van der Waals surface area (Å²) < 4.78 is 0. The number of benzene rings is 2. The van der Waals surface area contributed by atoms with Gasteiger partial charge < -0.3 is 16.2 Å². The molecule has 25 heavy (non-hydrogen) atoms. The number of non-ortho nitro benzene ring substituents is 1. The Balaban J connectivity index is 1.87. The van der Waals surface area contributed by atoms with Crippen LogP contribution in [-0.4, -0.2) is 22.5 Å². The molecule has 0 aliphatic heterocycles. The molecule has 2 aromatic carbocycles.